The van der Waals surface area contributed by atoms with Crippen molar-refractivity contribution in [3.8, 4) is 5.75 Å². The van der Waals surface area contributed by atoms with Crippen molar-refractivity contribution in [2.24, 2.45) is 4.99 Å². The van der Waals surface area contributed by atoms with E-state index in [-0.39, 0.29) is 6.10 Å². The fourth-order valence-corrected chi connectivity index (χ4v) is 3.94. The number of hydrogen-bond donors (Lipinski definition) is 2. The maximum Gasteiger partial charge on any atom is 0.191 e. The number of nitrogens with one attached hydrogen (secondary N) is 2. The number of likely N-dealkylation sites (N-methyl/N-ethyl adjacent to an activating group) is 1. The van der Waals surface area contributed by atoms with Crippen molar-refractivity contribution in [1.29, 1.82) is 0 Å². The molecule has 0 aliphatic carbocycles. The molecule has 3 rings (SSSR count). The van der Waals surface area contributed by atoms with Gasteiger partial charge in [-0.1, -0.05) is 12.1 Å². The number of nitrogens with zero attached hydrogens (tertiary/aromatic N) is 3. The SMILES string of the molecule is CN=C(NCCCN1CCCN(C)CC1)NCc1ccc(C)cc1OC1CCOC1. The fourth-order valence-electron chi connectivity index (χ4n) is 3.94. The van der Waals surface area contributed by atoms with E-state index in [0.29, 0.717) is 13.2 Å². The van der Waals surface area contributed by atoms with Gasteiger partial charge in [0.05, 0.1) is 13.2 Å². The van der Waals surface area contributed by atoms with Gasteiger partial charge in [0, 0.05) is 45.2 Å². The topological polar surface area (TPSA) is 61.4 Å². The number of rotatable bonds is 8. The number of hydrogen-bond acceptors (Lipinski definition) is 5. The maximum absolute atomic E-state index is 6.20. The first kappa shape index (κ1) is 22.8. The first-order valence-electron chi connectivity index (χ1n) is 11.3. The number of aliphatic imine (C=N–C) groups is 1. The summed E-state index contributed by atoms with van der Waals surface area (Å²) in [7, 11) is 4.04. The van der Waals surface area contributed by atoms with Crippen LogP contribution in [-0.2, 0) is 11.3 Å². The van der Waals surface area contributed by atoms with E-state index in [4.69, 9.17) is 9.47 Å². The molecule has 7 heteroatoms. The molecule has 1 aromatic rings. The highest BCUT2D eigenvalue weighted by Crippen LogP contribution is 2.23. The molecule has 2 saturated heterocycles. The van der Waals surface area contributed by atoms with Crippen molar-refractivity contribution < 1.29 is 9.47 Å². The van der Waals surface area contributed by atoms with Crippen molar-refractivity contribution in [1.82, 2.24) is 20.4 Å². The summed E-state index contributed by atoms with van der Waals surface area (Å²) in [6, 6.07) is 6.38. The first-order chi connectivity index (χ1) is 14.6. The minimum atomic E-state index is 0.154. The van der Waals surface area contributed by atoms with Crippen molar-refractivity contribution >= 4 is 5.96 Å². The maximum atomic E-state index is 6.20. The molecule has 0 spiro atoms. The molecule has 0 radical (unpaired) electrons. The lowest BCUT2D eigenvalue weighted by Crippen LogP contribution is -2.38. The van der Waals surface area contributed by atoms with E-state index >= 15 is 0 Å². The molecule has 168 valence electrons. The normalized spacial score (nSPS) is 21.4. The second kappa shape index (κ2) is 12.1. The number of benzene rings is 1. The predicted octanol–water partition coefficient (Wildman–Crippen LogP) is 1.86. The molecule has 30 heavy (non-hydrogen) atoms. The van der Waals surface area contributed by atoms with Gasteiger partial charge in [-0.25, -0.2) is 0 Å². The monoisotopic (exact) mass is 417 g/mol. The largest absolute Gasteiger partial charge is 0.488 e. The third-order valence-corrected chi connectivity index (χ3v) is 5.83. The average Bonchev–Trinajstić information content (AvgIpc) is 3.16. The Morgan fingerprint density at radius 2 is 2.13 bits per heavy atom. The standard InChI is InChI=1S/C23H39N5O2/c1-19-6-7-20(22(16-19)30-21-8-15-29-18-21)17-26-23(24-2)25-9-4-11-28-12-5-10-27(3)13-14-28/h6-7,16,21H,4-5,8-15,17-18H2,1-3H3,(H2,24,25,26). The van der Waals surface area contributed by atoms with E-state index in [1.54, 1.807) is 0 Å². The van der Waals surface area contributed by atoms with Gasteiger partial charge < -0.3 is 29.9 Å². The highest BCUT2D eigenvalue weighted by molar-refractivity contribution is 5.79. The Morgan fingerprint density at radius 1 is 1.23 bits per heavy atom. The Morgan fingerprint density at radius 3 is 2.93 bits per heavy atom. The summed E-state index contributed by atoms with van der Waals surface area (Å²) in [5, 5.41) is 6.88. The highest BCUT2D eigenvalue weighted by Gasteiger charge is 2.19. The molecule has 0 saturated carbocycles. The molecule has 1 aromatic carbocycles. The molecule has 1 atom stereocenters. The van der Waals surface area contributed by atoms with Crippen molar-refractivity contribution in [3.05, 3.63) is 29.3 Å². The molecule has 2 aliphatic heterocycles. The zero-order valence-electron chi connectivity index (χ0n) is 19.0. The highest BCUT2D eigenvalue weighted by atomic mass is 16.5. The van der Waals surface area contributed by atoms with E-state index in [2.05, 4.69) is 57.6 Å². The van der Waals surface area contributed by atoms with Gasteiger partial charge in [-0.3, -0.25) is 4.99 Å². The number of ether oxygens (including phenoxy) is 2. The van der Waals surface area contributed by atoms with E-state index in [0.717, 1.165) is 49.8 Å². The van der Waals surface area contributed by atoms with Crippen LogP contribution in [0.1, 0.15) is 30.4 Å². The summed E-state index contributed by atoms with van der Waals surface area (Å²) < 4.78 is 11.7. The van der Waals surface area contributed by atoms with Crippen LogP contribution in [0.3, 0.4) is 0 Å². The Hall–Kier alpha value is -1.83. The van der Waals surface area contributed by atoms with Crippen LogP contribution in [0.5, 0.6) is 5.75 Å². The van der Waals surface area contributed by atoms with Gasteiger partial charge in [0.25, 0.3) is 0 Å². The van der Waals surface area contributed by atoms with Gasteiger partial charge in [0.2, 0.25) is 0 Å². The van der Waals surface area contributed by atoms with Gasteiger partial charge in [-0.05, 0) is 58.1 Å². The predicted molar refractivity (Wildman–Crippen MR) is 122 cm³/mol. The Labute approximate surface area is 181 Å². The number of aryl methyl sites for hydroxylation is 1. The van der Waals surface area contributed by atoms with Crippen molar-refractivity contribution in [2.45, 2.75) is 38.8 Å². The van der Waals surface area contributed by atoms with Crippen molar-refractivity contribution in [3.63, 3.8) is 0 Å². The lowest BCUT2D eigenvalue weighted by atomic mass is 10.1. The van der Waals surface area contributed by atoms with Crippen LogP contribution in [0.4, 0.5) is 0 Å². The van der Waals surface area contributed by atoms with Crippen LogP contribution >= 0.6 is 0 Å². The smallest absolute Gasteiger partial charge is 0.191 e. The van der Waals surface area contributed by atoms with Gasteiger partial charge in [0.15, 0.2) is 5.96 Å². The van der Waals surface area contributed by atoms with Crippen LogP contribution < -0.4 is 15.4 Å². The van der Waals surface area contributed by atoms with Crippen LogP contribution in [0.15, 0.2) is 23.2 Å². The molecule has 0 bridgehead atoms. The van der Waals surface area contributed by atoms with Crippen LogP contribution in [-0.4, -0.2) is 88.4 Å². The van der Waals surface area contributed by atoms with Crippen LogP contribution in [0.2, 0.25) is 0 Å². The fraction of sp³-hybridized carbons (Fsp3) is 0.696. The van der Waals surface area contributed by atoms with Crippen LogP contribution in [0, 0.1) is 6.92 Å². The molecule has 2 fully saturated rings. The van der Waals surface area contributed by atoms with Gasteiger partial charge in [-0.2, -0.15) is 0 Å². The van der Waals surface area contributed by atoms with E-state index < -0.39 is 0 Å². The molecular formula is C23H39N5O2. The summed E-state index contributed by atoms with van der Waals surface area (Å²) in [4.78, 5) is 9.37. The molecule has 1 unspecified atom stereocenters. The molecule has 2 N–H and O–H groups in total. The number of guanidine groups is 1. The minimum Gasteiger partial charge on any atom is -0.488 e. The third kappa shape index (κ3) is 7.45. The summed E-state index contributed by atoms with van der Waals surface area (Å²) in [6.45, 7) is 11.1. The summed E-state index contributed by atoms with van der Waals surface area (Å²) in [6.07, 6.45) is 3.49. The quantitative estimate of drug-likeness (QED) is 0.382. The van der Waals surface area contributed by atoms with Gasteiger partial charge >= 0.3 is 0 Å². The Kier molecular flexibility index (Phi) is 9.24. The molecule has 7 nitrogen and oxygen atoms in total. The van der Waals surface area contributed by atoms with E-state index in [1.807, 2.05) is 7.05 Å². The van der Waals surface area contributed by atoms with Crippen LogP contribution in [0.25, 0.3) is 0 Å². The van der Waals surface area contributed by atoms with Gasteiger partial charge in [-0.15, -0.1) is 0 Å². The summed E-state index contributed by atoms with van der Waals surface area (Å²) in [5.74, 6) is 1.78. The Bertz CT molecular complexity index is 676. The summed E-state index contributed by atoms with van der Waals surface area (Å²) >= 11 is 0. The van der Waals surface area contributed by atoms with E-state index in [1.165, 1.54) is 38.2 Å². The average molecular weight is 418 g/mol. The van der Waals surface area contributed by atoms with Crippen molar-refractivity contribution in [2.75, 3.05) is 66.6 Å². The lowest BCUT2D eigenvalue weighted by Gasteiger charge is -2.20. The summed E-state index contributed by atoms with van der Waals surface area (Å²) in [5.41, 5.74) is 2.35. The second-order valence-corrected chi connectivity index (χ2v) is 8.42. The minimum absolute atomic E-state index is 0.154. The molecular weight excluding hydrogens is 378 g/mol. The lowest BCUT2D eigenvalue weighted by molar-refractivity contribution is 0.140. The van der Waals surface area contributed by atoms with Gasteiger partial charge in [0.1, 0.15) is 11.9 Å². The molecule has 2 aliphatic rings. The molecule has 0 amide bonds. The Balaban J connectivity index is 1.41. The first-order valence-corrected chi connectivity index (χ1v) is 11.3. The third-order valence-electron chi connectivity index (χ3n) is 5.83. The second-order valence-electron chi connectivity index (χ2n) is 8.42. The zero-order valence-corrected chi connectivity index (χ0v) is 19.0. The molecule has 0 aromatic heterocycles. The molecule has 2 heterocycles. The zero-order chi connectivity index (χ0) is 21.2. The van der Waals surface area contributed by atoms with E-state index in [9.17, 15) is 0 Å².